The van der Waals surface area contributed by atoms with Crippen LogP contribution in [0.2, 0.25) is 0 Å². The molecule has 5 heteroatoms. The molecule has 2 aliphatic heterocycles. The van der Waals surface area contributed by atoms with Crippen LogP contribution in [0.1, 0.15) is 21.5 Å². The van der Waals surface area contributed by atoms with Crippen LogP contribution in [-0.4, -0.2) is 48.5 Å². The second kappa shape index (κ2) is 7.18. The Morgan fingerprint density at radius 2 is 1.92 bits per heavy atom. The summed E-state index contributed by atoms with van der Waals surface area (Å²) in [4.78, 5) is 17.0. The second-order valence-corrected chi connectivity index (χ2v) is 7.53. The van der Waals surface area contributed by atoms with E-state index in [1.54, 1.807) is 0 Å². The number of benzene rings is 2. The number of carbonyl (C=O) groups excluding carboxylic acids is 1. The first-order valence-electron chi connectivity index (χ1n) is 8.71. The van der Waals surface area contributed by atoms with Crippen molar-refractivity contribution in [1.29, 1.82) is 0 Å². The Hall–Kier alpha value is -1.85. The molecule has 0 unspecified atom stereocenters. The maximum Gasteiger partial charge on any atom is 0.253 e. The number of piperazine rings is 1. The van der Waals surface area contributed by atoms with Crippen LogP contribution in [0.4, 0.5) is 0 Å². The summed E-state index contributed by atoms with van der Waals surface area (Å²) in [7, 11) is 0. The minimum absolute atomic E-state index is 0.121. The van der Waals surface area contributed by atoms with E-state index in [0.717, 1.165) is 61.5 Å². The van der Waals surface area contributed by atoms with E-state index in [4.69, 9.17) is 4.74 Å². The van der Waals surface area contributed by atoms with Crippen molar-refractivity contribution in [3.8, 4) is 5.75 Å². The number of nitrogens with zero attached hydrogens (tertiary/aromatic N) is 2. The lowest BCUT2D eigenvalue weighted by Gasteiger charge is -2.35. The molecule has 1 fully saturated rings. The van der Waals surface area contributed by atoms with Gasteiger partial charge in [0.1, 0.15) is 5.75 Å². The molecule has 2 heterocycles. The van der Waals surface area contributed by atoms with Crippen LogP contribution in [0.3, 0.4) is 0 Å². The van der Waals surface area contributed by atoms with Gasteiger partial charge < -0.3 is 9.64 Å². The van der Waals surface area contributed by atoms with Gasteiger partial charge in [0.15, 0.2) is 0 Å². The molecule has 0 radical (unpaired) electrons. The molecule has 0 N–H and O–H groups in total. The van der Waals surface area contributed by atoms with Crippen molar-refractivity contribution in [2.24, 2.45) is 0 Å². The standard InChI is InChI=1S/C20H21BrN2O2/c21-18-3-1-2-17(13-18)20(24)23-9-7-22(8-10-23)14-15-4-5-19-16(12-15)6-11-25-19/h1-5,12-13H,6-11,14H2. The van der Waals surface area contributed by atoms with Crippen molar-refractivity contribution in [3.05, 3.63) is 63.6 Å². The van der Waals surface area contributed by atoms with Gasteiger partial charge in [-0.05, 0) is 35.4 Å². The van der Waals surface area contributed by atoms with E-state index in [1.165, 1.54) is 11.1 Å². The first kappa shape index (κ1) is 16.6. The van der Waals surface area contributed by atoms with Gasteiger partial charge in [0.25, 0.3) is 5.91 Å². The molecule has 2 aromatic carbocycles. The third-order valence-corrected chi connectivity index (χ3v) is 5.38. The molecule has 0 spiro atoms. The van der Waals surface area contributed by atoms with Crippen molar-refractivity contribution in [3.63, 3.8) is 0 Å². The van der Waals surface area contributed by atoms with E-state index >= 15 is 0 Å². The van der Waals surface area contributed by atoms with E-state index < -0.39 is 0 Å². The van der Waals surface area contributed by atoms with Crippen LogP contribution in [-0.2, 0) is 13.0 Å². The number of fused-ring (bicyclic) bond motifs is 1. The highest BCUT2D eigenvalue weighted by molar-refractivity contribution is 9.10. The Balaban J connectivity index is 1.34. The molecule has 4 nitrogen and oxygen atoms in total. The van der Waals surface area contributed by atoms with E-state index in [-0.39, 0.29) is 5.91 Å². The van der Waals surface area contributed by atoms with Gasteiger partial charge in [-0.1, -0.05) is 34.1 Å². The van der Waals surface area contributed by atoms with Crippen molar-refractivity contribution >= 4 is 21.8 Å². The fourth-order valence-electron chi connectivity index (χ4n) is 3.51. The van der Waals surface area contributed by atoms with Gasteiger partial charge in [0.2, 0.25) is 0 Å². The molecule has 1 amide bonds. The number of hydrogen-bond acceptors (Lipinski definition) is 3. The Kier molecular flexibility index (Phi) is 4.77. The molecular weight excluding hydrogens is 380 g/mol. The summed E-state index contributed by atoms with van der Waals surface area (Å²) in [6.45, 7) is 5.11. The number of rotatable bonds is 3. The third kappa shape index (κ3) is 3.72. The van der Waals surface area contributed by atoms with Gasteiger partial charge in [-0.15, -0.1) is 0 Å². The van der Waals surface area contributed by atoms with Crippen molar-refractivity contribution in [2.45, 2.75) is 13.0 Å². The average molecular weight is 401 g/mol. The number of hydrogen-bond donors (Lipinski definition) is 0. The predicted octanol–water partition coefficient (Wildman–Crippen LogP) is 3.34. The number of halogens is 1. The Morgan fingerprint density at radius 3 is 2.72 bits per heavy atom. The lowest BCUT2D eigenvalue weighted by atomic mass is 10.1. The summed E-state index contributed by atoms with van der Waals surface area (Å²) < 4.78 is 6.52. The van der Waals surface area contributed by atoms with Gasteiger partial charge in [0, 0.05) is 49.2 Å². The SMILES string of the molecule is O=C(c1cccc(Br)c1)N1CCN(Cc2ccc3c(c2)CCO3)CC1. The van der Waals surface area contributed by atoms with Gasteiger partial charge in [-0.3, -0.25) is 9.69 Å². The molecule has 0 aliphatic carbocycles. The third-order valence-electron chi connectivity index (χ3n) is 4.89. The summed E-state index contributed by atoms with van der Waals surface area (Å²) in [5.74, 6) is 1.16. The smallest absolute Gasteiger partial charge is 0.253 e. The normalized spacial score (nSPS) is 17.2. The highest BCUT2D eigenvalue weighted by atomic mass is 79.9. The quantitative estimate of drug-likeness (QED) is 0.791. The lowest BCUT2D eigenvalue weighted by molar-refractivity contribution is 0.0628. The number of ether oxygens (including phenoxy) is 1. The van der Waals surface area contributed by atoms with E-state index in [0.29, 0.717) is 0 Å². The fraction of sp³-hybridized carbons (Fsp3) is 0.350. The fourth-order valence-corrected chi connectivity index (χ4v) is 3.91. The van der Waals surface area contributed by atoms with Crippen LogP contribution < -0.4 is 4.74 Å². The van der Waals surface area contributed by atoms with Crippen LogP contribution in [0.5, 0.6) is 5.75 Å². The topological polar surface area (TPSA) is 32.8 Å². The van der Waals surface area contributed by atoms with Crippen molar-refractivity contribution < 1.29 is 9.53 Å². The molecule has 25 heavy (non-hydrogen) atoms. The molecule has 0 saturated carbocycles. The zero-order valence-electron chi connectivity index (χ0n) is 14.1. The van der Waals surface area contributed by atoms with E-state index in [1.807, 2.05) is 29.2 Å². The van der Waals surface area contributed by atoms with Gasteiger partial charge >= 0.3 is 0 Å². The van der Waals surface area contributed by atoms with Crippen LogP contribution in [0.15, 0.2) is 46.9 Å². The Labute approximate surface area is 156 Å². The largest absolute Gasteiger partial charge is 0.493 e. The second-order valence-electron chi connectivity index (χ2n) is 6.62. The predicted molar refractivity (Wildman–Crippen MR) is 101 cm³/mol. The summed E-state index contributed by atoms with van der Waals surface area (Å²) in [5.41, 5.74) is 3.40. The summed E-state index contributed by atoms with van der Waals surface area (Å²) in [6, 6.07) is 14.1. The monoisotopic (exact) mass is 400 g/mol. The maximum absolute atomic E-state index is 12.6. The highest BCUT2D eigenvalue weighted by Gasteiger charge is 2.22. The maximum atomic E-state index is 12.6. The molecule has 4 rings (SSSR count). The van der Waals surface area contributed by atoms with Crippen molar-refractivity contribution in [1.82, 2.24) is 9.80 Å². The van der Waals surface area contributed by atoms with Gasteiger partial charge in [0.05, 0.1) is 6.61 Å². The zero-order valence-corrected chi connectivity index (χ0v) is 15.7. The van der Waals surface area contributed by atoms with Crippen LogP contribution >= 0.6 is 15.9 Å². The Morgan fingerprint density at radius 1 is 1.08 bits per heavy atom. The minimum atomic E-state index is 0.121. The van der Waals surface area contributed by atoms with E-state index in [2.05, 4.69) is 39.0 Å². The Bertz CT molecular complexity index is 785. The molecular formula is C20H21BrN2O2. The molecule has 130 valence electrons. The summed E-state index contributed by atoms with van der Waals surface area (Å²) in [6.07, 6.45) is 1.01. The van der Waals surface area contributed by atoms with E-state index in [9.17, 15) is 4.79 Å². The highest BCUT2D eigenvalue weighted by Crippen LogP contribution is 2.26. The average Bonchev–Trinajstić information content (AvgIpc) is 3.09. The molecule has 2 aliphatic rings. The first-order valence-corrected chi connectivity index (χ1v) is 9.50. The molecule has 0 bridgehead atoms. The summed E-state index contributed by atoms with van der Waals surface area (Å²) in [5, 5.41) is 0. The van der Waals surface area contributed by atoms with Gasteiger partial charge in [-0.25, -0.2) is 0 Å². The molecule has 0 atom stereocenters. The van der Waals surface area contributed by atoms with Crippen molar-refractivity contribution in [2.75, 3.05) is 32.8 Å². The van der Waals surface area contributed by atoms with Crippen LogP contribution in [0.25, 0.3) is 0 Å². The molecule has 0 aromatic heterocycles. The van der Waals surface area contributed by atoms with Crippen LogP contribution in [0, 0.1) is 0 Å². The number of carbonyl (C=O) groups is 1. The number of amides is 1. The van der Waals surface area contributed by atoms with Gasteiger partial charge in [-0.2, -0.15) is 0 Å². The first-order chi connectivity index (χ1) is 12.2. The summed E-state index contributed by atoms with van der Waals surface area (Å²) >= 11 is 3.43. The lowest BCUT2D eigenvalue weighted by Crippen LogP contribution is -2.48. The molecule has 2 aromatic rings. The minimum Gasteiger partial charge on any atom is -0.493 e. The zero-order chi connectivity index (χ0) is 17.2. The molecule has 1 saturated heterocycles.